The molecule has 0 bridgehead atoms. The number of nitrogens with zero attached hydrogens (tertiary/aromatic N) is 1. The SMILES string of the molecule is N=c1sc2cc(C(F)(F)F)cc3c2n1CCSC3. The van der Waals surface area contributed by atoms with Crippen LogP contribution in [0, 0.1) is 5.41 Å². The minimum atomic E-state index is -4.32. The first-order valence-electron chi connectivity index (χ1n) is 5.32. The van der Waals surface area contributed by atoms with Gasteiger partial charge in [-0.15, -0.1) is 0 Å². The van der Waals surface area contributed by atoms with Gasteiger partial charge in [-0.05, 0) is 17.7 Å². The third-order valence-corrected chi connectivity index (χ3v) is 4.85. The van der Waals surface area contributed by atoms with Crippen molar-refractivity contribution in [2.75, 3.05) is 5.75 Å². The van der Waals surface area contributed by atoms with Gasteiger partial charge in [0.2, 0.25) is 0 Å². The Labute approximate surface area is 109 Å². The lowest BCUT2D eigenvalue weighted by Gasteiger charge is -2.09. The van der Waals surface area contributed by atoms with Gasteiger partial charge < -0.3 is 4.57 Å². The van der Waals surface area contributed by atoms with Crippen LogP contribution in [-0.4, -0.2) is 10.3 Å². The van der Waals surface area contributed by atoms with E-state index in [0.717, 1.165) is 28.7 Å². The topological polar surface area (TPSA) is 28.8 Å². The Morgan fingerprint density at radius 3 is 2.78 bits per heavy atom. The number of rotatable bonds is 0. The second-order valence-corrected chi connectivity index (χ2v) is 6.23. The number of nitrogens with one attached hydrogen (secondary N) is 1. The van der Waals surface area contributed by atoms with Crippen molar-refractivity contribution in [2.45, 2.75) is 18.5 Å². The summed E-state index contributed by atoms with van der Waals surface area (Å²) in [5, 5.41) is 7.84. The van der Waals surface area contributed by atoms with Gasteiger partial charge in [-0.1, -0.05) is 11.3 Å². The standard InChI is InChI=1S/C11H9F3N2S2/c12-11(13,14)7-3-6-5-17-2-1-16-9(6)8(4-7)18-10(16)15/h3-4,15H,1-2,5H2. The van der Waals surface area contributed by atoms with Gasteiger partial charge >= 0.3 is 6.18 Å². The Kier molecular flexibility index (Phi) is 2.71. The molecule has 1 aromatic heterocycles. The summed E-state index contributed by atoms with van der Waals surface area (Å²) in [5.74, 6) is 1.41. The number of halogens is 3. The molecule has 2 nitrogen and oxygen atoms in total. The van der Waals surface area contributed by atoms with Crippen molar-refractivity contribution in [3.63, 3.8) is 0 Å². The van der Waals surface area contributed by atoms with Crippen LogP contribution < -0.4 is 4.80 Å². The van der Waals surface area contributed by atoms with Crippen LogP contribution in [0.1, 0.15) is 11.1 Å². The fraction of sp³-hybridized carbons (Fsp3) is 0.364. The summed E-state index contributed by atoms with van der Waals surface area (Å²) in [7, 11) is 0. The molecule has 0 fully saturated rings. The Morgan fingerprint density at radius 1 is 1.28 bits per heavy atom. The van der Waals surface area contributed by atoms with Crippen molar-refractivity contribution < 1.29 is 13.2 Å². The van der Waals surface area contributed by atoms with Crippen LogP contribution in [-0.2, 0) is 18.5 Å². The zero-order valence-electron chi connectivity index (χ0n) is 9.17. The van der Waals surface area contributed by atoms with Crippen molar-refractivity contribution in [3.8, 4) is 0 Å². The van der Waals surface area contributed by atoms with E-state index in [2.05, 4.69) is 0 Å². The zero-order chi connectivity index (χ0) is 12.9. The monoisotopic (exact) mass is 290 g/mol. The molecule has 18 heavy (non-hydrogen) atoms. The van der Waals surface area contributed by atoms with Crippen molar-refractivity contribution >= 4 is 33.3 Å². The molecule has 1 N–H and O–H groups in total. The molecule has 0 spiro atoms. The number of thioether (sulfide) groups is 1. The summed E-state index contributed by atoms with van der Waals surface area (Å²) >= 11 is 2.73. The number of hydrogen-bond donors (Lipinski definition) is 1. The molecule has 96 valence electrons. The molecule has 0 atom stereocenters. The normalized spacial score (nSPS) is 15.9. The number of aryl methyl sites for hydroxylation is 1. The van der Waals surface area contributed by atoms with Crippen LogP contribution in [0.2, 0.25) is 0 Å². The molecule has 2 heterocycles. The molecule has 3 rings (SSSR count). The second kappa shape index (κ2) is 4.03. The second-order valence-electron chi connectivity index (χ2n) is 4.09. The van der Waals surface area contributed by atoms with Crippen LogP contribution in [0.15, 0.2) is 12.1 Å². The number of benzene rings is 1. The number of aromatic nitrogens is 1. The maximum absolute atomic E-state index is 12.8. The number of thiazole rings is 1. The quantitative estimate of drug-likeness (QED) is 0.791. The van der Waals surface area contributed by atoms with E-state index in [1.165, 1.54) is 6.07 Å². The van der Waals surface area contributed by atoms with Crippen molar-refractivity contribution in [1.29, 1.82) is 5.41 Å². The van der Waals surface area contributed by atoms with E-state index in [4.69, 9.17) is 5.41 Å². The largest absolute Gasteiger partial charge is 0.416 e. The maximum Gasteiger partial charge on any atom is 0.416 e. The minimum Gasteiger partial charge on any atom is -0.316 e. The highest BCUT2D eigenvalue weighted by Crippen LogP contribution is 2.36. The first kappa shape index (κ1) is 12.1. The maximum atomic E-state index is 12.8. The first-order chi connectivity index (χ1) is 8.47. The molecule has 0 saturated carbocycles. The van der Waals surface area contributed by atoms with Crippen LogP contribution in [0.25, 0.3) is 10.2 Å². The van der Waals surface area contributed by atoms with Gasteiger partial charge in [-0.25, -0.2) is 0 Å². The summed E-state index contributed by atoms with van der Waals surface area (Å²) in [6, 6.07) is 2.39. The molecular formula is C11H9F3N2S2. The lowest BCUT2D eigenvalue weighted by atomic mass is 10.1. The summed E-state index contributed by atoms with van der Waals surface area (Å²) < 4.78 is 40.8. The lowest BCUT2D eigenvalue weighted by molar-refractivity contribution is -0.137. The van der Waals surface area contributed by atoms with Gasteiger partial charge in [0.15, 0.2) is 4.80 Å². The molecule has 1 aliphatic heterocycles. The van der Waals surface area contributed by atoms with E-state index >= 15 is 0 Å². The van der Waals surface area contributed by atoms with E-state index in [-0.39, 0.29) is 0 Å². The van der Waals surface area contributed by atoms with Gasteiger partial charge in [0, 0.05) is 18.1 Å². The van der Waals surface area contributed by atoms with Crippen molar-refractivity contribution in [1.82, 2.24) is 4.57 Å². The van der Waals surface area contributed by atoms with E-state index in [9.17, 15) is 13.2 Å². The predicted octanol–water partition coefficient (Wildman–Crippen LogP) is 3.45. The molecule has 0 unspecified atom stereocenters. The molecule has 0 aliphatic carbocycles. The molecule has 7 heteroatoms. The predicted molar refractivity (Wildman–Crippen MR) is 66.8 cm³/mol. The highest BCUT2D eigenvalue weighted by atomic mass is 32.2. The average molecular weight is 290 g/mol. The van der Waals surface area contributed by atoms with E-state index in [1.54, 1.807) is 11.8 Å². The molecule has 0 amide bonds. The molecule has 0 radical (unpaired) electrons. The summed E-state index contributed by atoms with van der Waals surface area (Å²) in [6.45, 7) is 0.696. The zero-order valence-corrected chi connectivity index (χ0v) is 10.8. The fourth-order valence-electron chi connectivity index (χ4n) is 2.14. The van der Waals surface area contributed by atoms with E-state index in [1.807, 2.05) is 4.57 Å². The Morgan fingerprint density at radius 2 is 2.06 bits per heavy atom. The lowest BCUT2D eigenvalue weighted by Crippen LogP contribution is -2.13. The van der Waals surface area contributed by atoms with Crippen LogP contribution in [0.4, 0.5) is 13.2 Å². The molecule has 1 aromatic carbocycles. The molecule has 1 aliphatic rings. The smallest absolute Gasteiger partial charge is 0.316 e. The van der Waals surface area contributed by atoms with Gasteiger partial charge in [0.25, 0.3) is 0 Å². The Bertz CT molecular complexity index is 669. The van der Waals surface area contributed by atoms with Crippen molar-refractivity contribution in [3.05, 3.63) is 28.1 Å². The summed E-state index contributed by atoms with van der Waals surface area (Å²) in [6.07, 6.45) is -4.32. The van der Waals surface area contributed by atoms with Crippen molar-refractivity contribution in [2.24, 2.45) is 0 Å². The van der Waals surface area contributed by atoms with E-state index < -0.39 is 11.7 Å². The van der Waals surface area contributed by atoms with Crippen LogP contribution in [0.5, 0.6) is 0 Å². The summed E-state index contributed by atoms with van der Waals surface area (Å²) in [4.78, 5) is 0.327. The Hall–Kier alpha value is -0.950. The summed E-state index contributed by atoms with van der Waals surface area (Å²) in [5.41, 5.74) is 0.890. The molecule has 0 saturated heterocycles. The molecular weight excluding hydrogens is 281 g/mol. The fourth-order valence-corrected chi connectivity index (χ4v) is 4.06. The third kappa shape index (κ3) is 1.85. The van der Waals surface area contributed by atoms with Gasteiger partial charge in [0.1, 0.15) is 0 Å². The van der Waals surface area contributed by atoms with Gasteiger partial charge in [0.05, 0.1) is 15.8 Å². The van der Waals surface area contributed by atoms with Gasteiger partial charge in [-0.2, -0.15) is 24.9 Å². The Balaban J connectivity index is 2.36. The third-order valence-electron chi connectivity index (χ3n) is 2.92. The average Bonchev–Trinajstić information content (AvgIpc) is 2.46. The van der Waals surface area contributed by atoms with Crippen LogP contribution >= 0.6 is 23.1 Å². The molecule has 2 aromatic rings. The number of alkyl halides is 3. The van der Waals surface area contributed by atoms with E-state index in [0.29, 0.717) is 27.4 Å². The van der Waals surface area contributed by atoms with Crippen LogP contribution in [0.3, 0.4) is 0 Å². The number of hydrogen-bond acceptors (Lipinski definition) is 3. The first-order valence-corrected chi connectivity index (χ1v) is 7.30. The highest BCUT2D eigenvalue weighted by Gasteiger charge is 2.32. The minimum absolute atomic E-state index is 0.327. The van der Waals surface area contributed by atoms with Gasteiger partial charge in [-0.3, -0.25) is 5.41 Å². The highest BCUT2D eigenvalue weighted by molar-refractivity contribution is 7.98.